The number of nitrogens with zero attached hydrogens (tertiary/aromatic N) is 1. The van der Waals surface area contributed by atoms with Crippen molar-refractivity contribution in [1.29, 1.82) is 0 Å². The third-order valence-corrected chi connectivity index (χ3v) is 2.02. The molecule has 2 rings (SSSR count). The van der Waals surface area contributed by atoms with Crippen molar-refractivity contribution in [3.63, 3.8) is 0 Å². The minimum Gasteiger partial charge on any atom is -0.399 e. The molecule has 0 aliphatic rings. The van der Waals surface area contributed by atoms with Crippen LogP contribution in [0.1, 0.15) is 0 Å². The van der Waals surface area contributed by atoms with Crippen molar-refractivity contribution in [1.82, 2.24) is 0 Å². The first-order chi connectivity index (χ1) is 7.70. The van der Waals surface area contributed by atoms with Gasteiger partial charge in [0.1, 0.15) is 0 Å². The van der Waals surface area contributed by atoms with Crippen molar-refractivity contribution in [2.75, 3.05) is 24.7 Å². The molecule has 0 amide bonds. The number of para-hydroxylation sites is 1. The Balaban J connectivity index is 0. The van der Waals surface area contributed by atoms with E-state index in [-0.39, 0.29) is 40.1 Å². The number of rotatable bonds is 1. The van der Waals surface area contributed by atoms with Crippen molar-refractivity contribution in [2.45, 2.75) is 0 Å². The fourth-order valence-electron chi connectivity index (χ4n) is 1.13. The van der Waals surface area contributed by atoms with Crippen LogP contribution >= 0.6 is 0 Å². The first kappa shape index (κ1) is 19.5. The molecule has 2 N–H and O–H groups in total. The molecule has 95 valence electrons. The van der Waals surface area contributed by atoms with E-state index >= 15 is 0 Å². The predicted molar refractivity (Wildman–Crippen MR) is 76.9 cm³/mol. The number of hydrogen-bond acceptors (Lipinski definition) is 2. The third kappa shape index (κ3) is 8.27. The molecule has 0 heterocycles. The minimum absolute atomic E-state index is 0. The first-order valence-electron chi connectivity index (χ1n) is 5.14. The van der Waals surface area contributed by atoms with Gasteiger partial charge in [-0.1, -0.05) is 23.9 Å². The Morgan fingerprint density at radius 1 is 0.944 bits per heavy atom. The smallest absolute Gasteiger partial charge is 0.0313 e. The van der Waals surface area contributed by atoms with Crippen LogP contribution in [0.5, 0.6) is 0 Å². The largest absolute Gasteiger partial charge is 0.399 e. The molecule has 0 saturated carbocycles. The van der Waals surface area contributed by atoms with E-state index in [2.05, 4.69) is 11.0 Å². The summed E-state index contributed by atoms with van der Waals surface area (Å²) in [6, 6.07) is 20.3. The van der Waals surface area contributed by atoms with E-state index in [1.807, 2.05) is 68.7 Å². The summed E-state index contributed by atoms with van der Waals surface area (Å²) in [4.78, 5) is 2.06. The van der Waals surface area contributed by atoms with Crippen LogP contribution in [0.4, 0.5) is 11.4 Å². The van der Waals surface area contributed by atoms with Gasteiger partial charge in [-0.15, -0.1) is 12.1 Å². The molecule has 0 saturated heterocycles. The van der Waals surface area contributed by atoms with Crippen LogP contribution in [0.3, 0.4) is 0 Å². The zero-order valence-corrected chi connectivity index (χ0v) is 14.1. The molecular weight excluding hydrogens is 297 g/mol. The van der Waals surface area contributed by atoms with E-state index in [4.69, 9.17) is 5.73 Å². The topological polar surface area (TPSA) is 29.3 Å². The van der Waals surface area contributed by atoms with Crippen molar-refractivity contribution >= 4 is 11.4 Å². The predicted octanol–water partition coefficient (Wildman–Crippen LogP) is 3.27. The molecule has 2 nitrogen and oxygen atoms in total. The molecule has 0 unspecified atom stereocenters. The van der Waals surface area contributed by atoms with E-state index < -0.39 is 0 Å². The van der Waals surface area contributed by atoms with Gasteiger partial charge in [-0.25, -0.2) is 0 Å². The normalized spacial score (nSPS) is 7.89. The van der Waals surface area contributed by atoms with Gasteiger partial charge in [0.15, 0.2) is 0 Å². The van der Waals surface area contributed by atoms with Crippen LogP contribution in [0.15, 0.2) is 54.6 Å². The van der Waals surface area contributed by atoms with Gasteiger partial charge in [-0.2, -0.15) is 18.2 Å². The molecule has 0 fully saturated rings. The summed E-state index contributed by atoms with van der Waals surface area (Å²) in [5.41, 5.74) is 7.40. The molecule has 0 aliphatic heterocycles. The summed E-state index contributed by atoms with van der Waals surface area (Å²) in [5.74, 6) is 0. The number of benzene rings is 2. The van der Waals surface area contributed by atoms with E-state index in [1.165, 1.54) is 5.69 Å². The van der Waals surface area contributed by atoms with E-state index in [9.17, 15) is 0 Å². The maximum Gasteiger partial charge on any atom is 0.0313 e. The van der Waals surface area contributed by atoms with Crippen molar-refractivity contribution in [3.05, 3.63) is 68.1 Å². The summed E-state index contributed by atoms with van der Waals surface area (Å²) in [6.45, 7) is 0. The third-order valence-electron chi connectivity index (χ3n) is 2.02. The second-order valence-electron chi connectivity index (χ2n) is 3.56. The zero-order chi connectivity index (χ0) is 11.8. The van der Waals surface area contributed by atoms with E-state index in [0.29, 0.717) is 0 Å². The Kier molecular flexibility index (Phi) is 12.2. The Labute approximate surface area is 136 Å². The molecule has 18 heavy (non-hydrogen) atoms. The van der Waals surface area contributed by atoms with E-state index in [1.54, 1.807) is 0 Å². The van der Waals surface area contributed by atoms with Gasteiger partial charge in [-0.05, 0) is 12.1 Å². The zero-order valence-electron chi connectivity index (χ0n) is 11.3. The molecule has 1 radical (unpaired) electrons. The quantitative estimate of drug-likeness (QED) is 0.646. The summed E-state index contributed by atoms with van der Waals surface area (Å²) >= 11 is 0. The van der Waals surface area contributed by atoms with Crippen LogP contribution in [0, 0.1) is 13.5 Å². The van der Waals surface area contributed by atoms with Crippen LogP contribution < -0.4 is 10.6 Å². The molecule has 0 aromatic heterocycles. The van der Waals surface area contributed by atoms with Crippen LogP contribution in [-0.4, -0.2) is 14.1 Å². The van der Waals surface area contributed by atoms with Gasteiger partial charge in [0.05, 0.1) is 0 Å². The number of nitrogen functional groups attached to an aromatic ring is 1. The fraction of sp³-hybridized carbons (Fsp3) is 0.133. The maximum absolute atomic E-state index is 5.36. The Morgan fingerprint density at radius 3 is 1.72 bits per heavy atom. The molecule has 0 aliphatic carbocycles. The van der Waals surface area contributed by atoms with Crippen molar-refractivity contribution < 1.29 is 32.7 Å². The Bertz CT molecular complexity index is 388. The average molecular weight is 317 g/mol. The van der Waals surface area contributed by atoms with Gasteiger partial charge in [0.2, 0.25) is 0 Å². The van der Waals surface area contributed by atoms with Gasteiger partial charge < -0.3 is 18.1 Å². The summed E-state index contributed by atoms with van der Waals surface area (Å²) < 4.78 is 0. The molecule has 2 aromatic carbocycles. The molecule has 0 spiro atoms. The second kappa shape index (κ2) is 11.2. The summed E-state index contributed by atoms with van der Waals surface area (Å²) in [5, 5.41) is 0. The minimum atomic E-state index is 0. The average Bonchev–Trinajstić information content (AvgIpc) is 2.32. The van der Waals surface area contributed by atoms with E-state index in [0.717, 1.165) is 5.69 Å². The standard InChI is InChI=1S/C8H10N.C6H7N.CH3.Y/c1-9(2)8-6-4-3-5-7-8;7-6-4-2-1-3-5-6;;/h4-7H,1-2H3;1-5H,7H2;1H3;/q-1;;-1;. The Morgan fingerprint density at radius 2 is 1.44 bits per heavy atom. The molecule has 3 heteroatoms. The Hall–Kier alpha value is -0.856. The monoisotopic (exact) mass is 317 g/mol. The second-order valence-corrected chi connectivity index (χ2v) is 3.56. The maximum atomic E-state index is 5.36. The van der Waals surface area contributed by atoms with Gasteiger partial charge in [-0.3, -0.25) is 0 Å². The summed E-state index contributed by atoms with van der Waals surface area (Å²) in [6.07, 6.45) is 0. The van der Waals surface area contributed by atoms with Gasteiger partial charge >= 0.3 is 0 Å². The number of nitrogens with two attached hydrogens (primary N) is 1. The summed E-state index contributed by atoms with van der Waals surface area (Å²) in [7, 11) is 4.05. The molecular formula is C15H20N2Y-2. The SMILES string of the molecule is CN(C)c1cc[c-]cc1.Nc1ccccc1.[CH3-].[Y]. The van der Waals surface area contributed by atoms with Crippen LogP contribution in [0.2, 0.25) is 0 Å². The fourth-order valence-corrected chi connectivity index (χ4v) is 1.13. The number of anilines is 2. The molecule has 0 bridgehead atoms. The van der Waals surface area contributed by atoms with Crippen molar-refractivity contribution in [2.24, 2.45) is 0 Å². The van der Waals surface area contributed by atoms with Crippen molar-refractivity contribution in [3.8, 4) is 0 Å². The first-order valence-corrected chi connectivity index (χ1v) is 5.14. The van der Waals surface area contributed by atoms with Gasteiger partial charge in [0.25, 0.3) is 0 Å². The molecule has 0 atom stereocenters. The van der Waals surface area contributed by atoms with Gasteiger partial charge in [0, 0.05) is 52.5 Å². The van der Waals surface area contributed by atoms with Crippen LogP contribution in [-0.2, 0) is 32.7 Å². The molecule has 2 aromatic rings. The number of hydrogen-bond donors (Lipinski definition) is 1. The van der Waals surface area contributed by atoms with Crippen LogP contribution in [0.25, 0.3) is 0 Å².